The number of nitrogens with zero attached hydrogens (tertiary/aromatic N) is 5. The van der Waals surface area contributed by atoms with Gasteiger partial charge in [0.15, 0.2) is 0 Å². The van der Waals surface area contributed by atoms with E-state index in [1.807, 2.05) is 32.9 Å². The molecule has 0 aliphatic carbocycles. The fraction of sp³-hybridized carbons (Fsp3) is 0.348. The van der Waals surface area contributed by atoms with Gasteiger partial charge in [-0.05, 0) is 45.0 Å². The highest BCUT2D eigenvalue weighted by molar-refractivity contribution is 6.04. The van der Waals surface area contributed by atoms with Gasteiger partial charge in [0.2, 0.25) is 0 Å². The van der Waals surface area contributed by atoms with Gasteiger partial charge in [-0.3, -0.25) is 14.8 Å². The van der Waals surface area contributed by atoms with Gasteiger partial charge in [-0.15, -0.1) is 10.2 Å². The number of rotatable bonds is 6. The van der Waals surface area contributed by atoms with Crippen LogP contribution in [0.4, 0.5) is 11.4 Å². The summed E-state index contributed by atoms with van der Waals surface area (Å²) in [5.74, 6) is 0.267. The largest absolute Gasteiger partial charge is 0.472 e. The lowest BCUT2D eigenvalue weighted by Gasteiger charge is -2.30. The van der Waals surface area contributed by atoms with Crippen LogP contribution in [-0.4, -0.2) is 58.5 Å². The van der Waals surface area contributed by atoms with Crippen molar-refractivity contribution in [2.45, 2.75) is 26.9 Å². The number of carbonyl (C=O) groups is 1. The summed E-state index contributed by atoms with van der Waals surface area (Å²) in [6.07, 6.45) is 4.77. The molecule has 4 heterocycles. The predicted octanol–water partition coefficient (Wildman–Crippen LogP) is 3.12. The van der Waals surface area contributed by atoms with Crippen LogP contribution < -0.4 is 15.0 Å². The van der Waals surface area contributed by atoms with Crippen LogP contribution in [-0.2, 0) is 4.74 Å². The monoisotopic (exact) mass is 434 g/mol. The maximum Gasteiger partial charge on any atom is 0.257 e. The van der Waals surface area contributed by atoms with E-state index in [1.54, 1.807) is 30.7 Å². The molecule has 9 nitrogen and oxygen atoms in total. The quantitative estimate of drug-likeness (QED) is 0.631. The van der Waals surface area contributed by atoms with E-state index >= 15 is 0 Å². The van der Waals surface area contributed by atoms with Gasteiger partial charge in [-0.1, -0.05) is 0 Å². The Labute approximate surface area is 186 Å². The van der Waals surface area contributed by atoms with Crippen molar-refractivity contribution in [2.75, 3.05) is 36.5 Å². The first-order valence-corrected chi connectivity index (χ1v) is 10.6. The molecule has 9 heteroatoms. The van der Waals surface area contributed by atoms with Crippen LogP contribution in [0.3, 0.4) is 0 Å². The lowest BCUT2D eigenvalue weighted by atomic mass is 10.1. The van der Waals surface area contributed by atoms with E-state index < -0.39 is 0 Å². The number of morpholine rings is 1. The lowest BCUT2D eigenvalue weighted by Crippen LogP contribution is -2.36. The van der Waals surface area contributed by atoms with E-state index in [0.717, 1.165) is 30.0 Å². The summed E-state index contributed by atoms with van der Waals surface area (Å²) in [7, 11) is 0. The third kappa shape index (κ3) is 5.00. The van der Waals surface area contributed by atoms with Crippen molar-refractivity contribution in [3.8, 4) is 17.1 Å². The molecule has 0 bridgehead atoms. The number of ether oxygens (including phenoxy) is 2. The molecule has 3 aromatic rings. The lowest BCUT2D eigenvalue weighted by molar-refractivity contribution is 0.102. The summed E-state index contributed by atoms with van der Waals surface area (Å²) in [6.45, 7) is 8.62. The number of hydrogen-bond donors (Lipinski definition) is 1. The van der Waals surface area contributed by atoms with Crippen LogP contribution in [0.1, 0.15) is 29.9 Å². The molecule has 1 N–H and O–H groups in total. The topological polar surface area (TPSA) is 102 Å². The number of carbonyl (C=O) groups excluding carboxylic acids is 1. The van der Waals surface area contributed by atoms with Gasteiger partial charge in [-0.25, -0.2) is 0 Å². The first-order valence-electron chi connectivity index (χ1n) is 10.6. The molecule has 0 radical (unpaired) electrons. The van der Waals surface area contributed by atoms with Crippen LogP contribution in [0.15, 0.2) is 42.9 Å². The molecule has 1 aliphatic rings. The van der Waals surface area contributed by atoms with Crippen molar-refractivity contribution in [2.24, 2.45) is 0 Å². The molecule has 0 atom stereocenters. The number of pyridine rings is 2. The van der Waals surface area contributed by atoms with E-state index in [-0.39, 0.29) is 12.0 Å². The van der Waals surface area contributed by atoms with Gasteiger partial charge < -0.3 is 19.7 Å². The van der Waals surface area contributed by atoms with Crippen LogP contribution in [0, 0.1) is 6.92 Å². The number of nitrogens with one attached hydrogen (secondary N) is 1. The fourth-order valence-corrected chi connectivity index (χ4v) is 3.41. The van der Waals surface area contributed by atoms with E-state index in [2.05, 4.69) is 30.4 Å². The van der Waals surface area contributed by atoms with E-state index in [9.17, 15) is 4.79 Å². The van der Waals surface area contributed by atoms with E-state index in [1.165, 1.54) is 0 Å². The second-order valence-electron chi connectivity index (χ2n) is 7.73. The summed E-state index contributed by atoms with van der Waals surface area (Å²) < 4.78 is 11.4. The zero-order valence-electron chi connectivity index (χ0n) is 18.4. The fourth-order valence-electron chi connectivity index (χ4n) is 3.41. The Morgan fingerprint density at radius 1 is 1.16 bits per heavy atom. The molecule has 1 amide bonds. The second kappa shape index (κ2) is 9.69. The van der Waals surface area contributed by atoms with Crippen molar-refractivity contribution >= 4 is 17.3 Å². The normalized spacial score (nSPS) is 13.8. The molecule has 1 fully saturated rings. The minimum atomic E-state index is -0.232. The second-order valence-corrected chi connectivity index (χ2v) is 7.73. The van der Waals surface area contributed by atoms with Crippen LogP contribution in [0.5, 0.6) is 5.88 Å². The van der Waals surface area contributed by atoms with Crippen molar-refractivity contribution in [3.63, 3.8) is 0 Å². The Balaban J connectivity index is 1.66. The average molecular weight is 435 g/mol. The highest BCUT2D eigenvalue weighted by Crippen LogP contribution is 2.32. The molecule has 0 unspecified atom stereocenters. The standard InChI is InChI=1S/C23H26N6O3/c1-15(2)32-23-21(29-8-10-31-11-9-29)13-20(27-28-23)19-12-18(14-25-16(19)3)26-22(30)17-4-6-24-7-5-17/h4-7,12-15H,8-11H2,1-3H3,(H,26,30). The minimum Gasteiger partial charge on any atom is -0.472 e. The number of aromatic nitrogens is 4. The van der Waals surface area contributed by atoms with Gasteiger partial charge in [0.1, 0.15) is 5.69 Å². The summed E-state index contributed by atoms with van der Waals surface area (Å²) in [5.41, 5.74) is 4.20. The third-order valence-corrected chi connectivity index (χ3v) is 5.00. The van der Waals surface area contributed by atoms with E-state index in [4.69, 9.17) is 9.47 Å². The third-order valence-electron chi connectivity index (χ3n) is 5.00. The van der Waals surface area contributed by atoms with Crippen molar-refractivity contribution in [1.29, 1.82) is 0 Å². The van der Waals surface area contributed by atoms with E-state index in [0.29, 0.717) is 36.0 Å². The maximum atomic E-state index is 12.5. The maximum absolute atomic E-state index is 12.5. The Kier molecular flexibility index (Phi) is 6.55. The molecule has 1 saturated heterocycles. The van der Waals surface area contributed by atoms with Gasteiger partial charge in [0.05, 0.1) is 36.9 Å². The van der Waals surface area contributed by atoms with Crippen LogP contribution in [0.2, 0.25) is 0 Å². The molecule has 0 saturated carbocycles. The van der Waals surface area contributed by atoms with Gasteiger partial charge in [0.25, 0.3) is 11.8 Å². The molecule has 32 heavy (non-hydrogen) atoms. The number of hydrogen-bond acceptors (Lipinski definition) is 8. The average Bonchev–Trinajstić information content (AvgIpc) is 2.81. The Morgan fingerprint density at radius 3 is 2.62 bits per heavy atom. The molecule has 166 valence electrons. The van der Waals surface area contributed by atoms with Crippen LogP contribution in [0.25, 0.3) is 11.3 Å². The van der Waals surface area contributed by atoms with Crippen molar-refractivity contribution in [3.05, 3.63) is 54.1 Å². The summed E-state index contributed by atoms with van der Waals surface area (Å²) in [6, 6.07) is 7.14. The van der Waals surface area contributed by atoms with Gasteiger partial charge >= 0.3 is 0 Å². The summed E-state index contributed by atoms with van der Waals surface area (Å²) in [5, 5.41) is 11.7. The summed E-state index contributed by atoms with van der Waals surface area (Å²) >= 11 is 0. The zero-order chi connectivity index (χ0) is 22.5. The molecule has 3 aromatic heterocycles. The molecule has 1 aliphatic heterocycles. The Bertz CT molecular complexity index is 1080. The van der Waals surface area contributed by atoms with Gasteiger partial charge in [-0.2, -0.15) is 0 Å². The molecular weight excluding hydrogens is 408 g/mol. The number of anilines is 2. The smallest absolute Gasteiger partial charge is 0.257 e. The molecule has 4 rings (SSSR count). The highest BCUT2D eigenvalue weighted by Gasteiger charge is 2.20. The summed E-state index contributed by atoms with van der Waals surface area (Å²) in [4.78, 5) is 23.1. The predicted molar refractivity (Wildman–Crippen MR) is 121 cm³/mol. The van der Waals surface area contributed by atoms with Crippen molar-refractivity contribution in [1.82, 2.24) is 20.2 Å². The molecule has 0 spiro atoms. The first kappa shape index (κ1) is 21.6. The SMILES string of the molecule is Cc1ncc(NC(=O)c2ccncc2)cc1-c1cc(N2CCOCC2)c(OC(C)C)nn1. The van der Waals surface area contributed by atoms with Crippen molar-refractivity contribution < 1.29 is 14.3 Å². The van der Waals surface area contributed by atoms with Crippen LogP contribution >= 0.6 is 0 Å². The minimum absolute atomic E-state index is 0.0231. The zero-order valence-corrected chi connectivity index (χ0v) is 18.4. The number of aryl methyl sites for hydroxylation is 1. The highest BCUT2D eigenvalue weighted by atomic mass is 16.5. The van der Waals surface area contributed by atoms with Gasteiger partial charge in [0, 0.05) is 42.3 Å². The first-order chi connectivity index (χ1) is 15.5. The Morgan fingerprint density at radius 2 is 1.91 bits per heavy atom. The molecule has 0 aromatic carbocycles. The Hall–Kier alpha value is -3.59. The molecular formula is C23H26N6O3. The number of amides is 1.